The zero-order chi connectivity index (χ0) is 19.7. The van der Waals surface area contributed by atoms with Crippen molar-refractivity contribution >= 4 is 21.7 Å². The Balaban J connectivity index is 1.48. The molecule has 7 nitrogen and oxygen atoms in total. The summed E-state index contributed by atoms with van der Waals surface area (Å²) >= 11 is 0. The van der Waals surface area contributed by atoms with Gasteiger partial charge < -0.3 is 15.0 Å². The fraction of sp³-hybridized carbons (Fsp3) is 0.316. The number of carbonyl (C=O) groups is 1. The van der Waals surface area contributed by atoms with Crippen molar-refractivity contribution in [2.24, 2.45) is 0 Å². The first-order valence-corrected chi connectivity index (χ1v) is 10.5. The minimum Gasteiger partial charge on any atom is -0.487 e. The number of ether oxygens (including phenoxy) is 1. The molecule has 9 heteroatoms. The van der Waals surface area contributed by atoms with Crippen LogP contribution in [0.1, 0.15) is 12.8 Å². The zero-order valence-corrected chi connectivity index (χ0v) is 15.8. The summed E-state index contributed by atoms with van der Waals surface area (Å²) in [5.74, 6) is -0.0515. The van der Waals surface area contributed by atoms with Gasteiger partial charge in [0, 0.05) is 25.2 Å². The number of anilines is 1. The molecule has 2 atom stereocenters. The van der Waals surface area contributed by atoms with Gasteiger partial charge in [-0.15, -0.1) is 0 Å². The molecule has 0 bridgehead atoms. The van der Waals surface area contributed by atoms with E-state index in [2.05, 4.69) is 10.0 Å². The Kier molecular flexibility index (Phi) is 4.94. The molecule has 0 unspecified atom stereocenters. The van der Waals surface area contributed by atoms with E-state index in [0.717, 1.165) is 0 Å². The van der Waals surface area contributed by atoms with Crippen LogP contribution in [0.2, 0.25) is 0 Å². The zero-order valence-electron chi connectivity index (χ0n) is 15.0. The molecule has 1 saturated heterocycles. The van der Waals surface area contributed by atoms with Crippen molar-refractivity contribution in [1.82, 2.24) is 9.62 Å². The Labute approximate surface area is 162 Å². The molecule has 4 rings (SSSR count). The quantitative estimate of drug-likeness (QED) is 0.763. The molecule has 2 aromatic carbocycles. The largest absolute Gasteiger partial charge is 0.487 e. The molecule has 2 aromatic rings. The highest BCUT2D eigenvalue weighted by Crippen LogP contribution is 2.31. The standard InChI is InChI=1S/C19H20FN3O4S/c20-13-5-7-14(8-6-13)21-19(24)23-11-9-15-16(10-12-23)27-17-3-1-2-4-18(17)28(25,26)22-15/h1-8,15-16,22H,9-12H2,(H,21,24)/t15-,16-/m0/s1. The lowest BCUT2D eigenvalue weighted by molar-refractivity contribution is 0.157. The number of likely N-dealkylation sites (tertiary alicyclic amines) is 1. The predicted octanol–water partition coefficient (Wildman–Crippen LogP) is 2.56. The minimum absolute atomic E-state index is 0.133. The maximum atomic E-state index is 13.0. The Morgan fingerprint density at radius 1 is 1.11 bits per heavy atom. The number of para-hydroxylation sites is 1. The van der Waals surface area contributed by atoms with Gasteiger partial charge in [-0.05, 0) is 42.8 Å². The Morgan fingerprint density at radius 3 is 2.61 bits per heavy atom. The maximum Gasteiger partial charge on any atom is 0.321 e. The summed E-state index contributed by atoms with van der Waals surface area (Å²) in [5, 5.41) is 2.73. The smallest absolute Gasteiger partial charge is 0.321 e. The normalized spacial score (nSPS) is 23.4. The SMILES string of the molecule is O=C(Nc1ccc(F)cc1)N1CC[C@@H]2NS(=O)(=O)c3ccccc3O[C@H]2CC1. The van der Waals surface area contributed by atoms with Crippen molar-refractivity contribution < 1.29 is 22.3 Å². The lowest BCUT2D eigenvalue weighted by Crippen LogP contribution is -2.43. The molecule has 148 valence electrons. The van der Waals surface area contributed by atoms with Crippen molar-refractivity contribution in [3.8, 4) is 5.75 Å². The Bertz CT molecular complexity index is 981. The fourth-order valence-electron chi connectivity index (χ4n) is 3.49. The van der Waals surface area contributed by atoms with Crippen LogP contribution in [0.25, 0.3) is 0 Å². The maximum absolute atomic E-state index is 13.0. The van der Waals surface area contributed by atoms with Crippen molar-refractivity contribution in [2.75, 3.05) is 18.4 Å². The highest BCUT2D eigenvalue weighted by atomic mass is 32.2. The summed E-state index contributed by atoms with van der Waals surface area (Å²) in [6, 6.07) is 11.3. The first kappa shape index (κ1) is 18.7. The second-order valence-corrected chi connectivity index (χ2v) is 8.51. The number of amides is 2. The van der Waals surface area contributed by atoms with Gasteiger partial charge >= 0.3 is 6.03 Å². The van der Waals surface area contributed by atoms with Gasteiger partial charge in [0.2, 0.25) is 10.0 Å². The number of benzene rings is 2. The van der Waals surface area contributed by atoms with Crippen LogP contribution in [0.15, 0.2) is 53.4 Å². The molecule has 0 saturated carbocycles. The molecular formula is C19H20FN3O4S. The van der Waals surface area contributed by atoms with Gasteiger partial charge in [-0.3, -0.25) is 0 Å². The molecule has 1 fully saturated rings. The van der Waals surface area contributed by atoms with Crippen LogP contribution >= 0.6 is 0 Å². The van der Waals surface area contributed by atoms with E-state index in [1.54, 1.807) is 23.1 Å². The molecule has 2 heterocycles. The molecule has 0 spiro atoms. The van der Waals surface area contributed by atoms with E-state index < -0.39 is 16.1 Å². The first-order valence-electron chi connectivity index (χ1n) is 9.02. The number of nitrogens with zero attached hydrogens (tertiary/aromatic N) is 1. The number of nitrogens with one attached hydrogen (secondary N) is 2. The monoisotopic (exact) mass is 405 g/mol. The third-order valence-corrected chi connectivity index (χ3v) is 6.48. The highest BCUT2D eigenvalue weighted by molar-refractivity contribution is 7.89. The van der Waals surface area contributed by atoms with Gasteiger partial charge in [-0.25, -0.2) is 22.3 Å². The van der Waals surface area contributed by atoms with Gasteiger partial charge in [-0.1, -0.05) is 12.1 Å². The molecule has 28 heavy (non-hydrogen) atoms. The van der Waals surface area contributed by atoms with Crippen molar-refractivity contribution in [2.45, 2.75) is 29.9 Å². The summed E-state index contributed by atoms with van der Waals surface area (Å²) in [4.78, 5) is 14.3. The van der Waals surface area contributed by atoms with Crippen molar-refractivity contribution in [1.29, 1.82) is 0 Å². The highest BCUT2D eigenvalue weighted by Gasteiger charge is 2.37. The summed E-state index contributed by atoms with van der Waals surface area (Å²) < 4.78 is 47.0. The number of fused-ring (bicyclic) bond motifs is 2. The van der Waals surface area contributed by atoms with Crippen LogP contribution in [0.5, 0.6) is 5.75 Å². The lowest BCUT2D eigenvalue weighted by Gasteiger charge is -2.22. The van der Waals surface area contributed by atoms with Crippen molar-refractivity contribution in [3.63, 3.8) is 0 Å². The number of sulfonamides is 1. The predicted molar refractivity (Wildman–Crippen MR) is 101 cm³/mol. The number of halogens is 1. The summed E-state index contributed by atoms with van der Waals surface area (Å²) in [6.45, 7) is 0.786. The minimum atomic E-state index is -3.69. The van der Waals surface area contributed by atoms with Crippen LogP contribution < -0.4 is 14.8 Å². The molecule has 2 aliphatic rings. The molecule has 0 aromatic heterocycles. The third kappa shape index (κ3) is 3.81. The lowest BCUT2D eigenvalue weighted by atomic mass is 10.1. The van der Waals surface area contributed by atoms with Crippen molar-refractivity contribution in [3.05, 3.63) is 54.3 Å². The van der Waals surface area contributed by atoms with Gasteiger partial charge in [0.1, 0.15) is 22.6 Å². The topological polar surface area (TPSA) is 87.7 Å². The van der Waals surface area contributed by atoms with E-state index in [0.29, 0.717) is 37.4 Å². The number of carbonyl (C=O) groups excluding carboxylic acids is 1. The molecule has 0 radical (unpaired) electrons. The van der Waals surface area contributed by atoms with E-state index in [9.17, 15) is 17.6 Å². The number of rotatable bonds is 1. The third-order valence-electron chi connectivity index (χ3n) is 4.95. The van der Waals surface area contributed by atoms with E-state index in [1.807, 2.05) is 0 Å². The molecule has 2 aliphatic heterocycles. The van der Waals surface area contributed by atoms with E-state index in [1.165, 1.54) is 30.3 Å². The second-order valence-electron chi connectivity index (χ2n) is 6.83. The van der Waals surface area contributed by atoms with Crippen LogP contribution in [-0.4, -0.2) is 44.6 Å². The van der Waals surface area contributed by atoms with Crippen LogP contribution in [0, 0.1) is 5.82 Å². The Hall–Kier alpha value is -2.65. The van der Waals surface area contributed by atoms with Crippen LogP contribution in [0.3, 0.4) is 0 Å². The van der Waals surface area contributed by atoms with Gasteiger partial charge in [0.15, 0.2) is 0 Å². The fourth-order valence-corrected chi connectivity index (χ4v) is 4.92. The second kappa shape index (κ2) is 7.40. The summed E-state index contributed by atoms with van der Waals surface area (Å²) in [5.41, 5.74) is 0.496. The van der Waals surface area contributed by atoms with Crippen LogP contribution in [-0.2, 0) is 10.0 Å². The number of urea groups is 1. The average Bonchev–Trinajstić information content (AvgIpc) is 2.92. The molecular weight excluding hydrogens is 385 g/mol. The van der Waals surface area contributed by atoms with E-state index >= 15 is 0 Å². The average molecular weight is 405 g/mol. The summed E-state index contributed by atoms with van der Waals surface area (Å²) in [6.07, 6.45) is 0.537. The van der Waals surface area contributed by atoms with E-state index in [4.69, 9.17) is 4.74 Å². The van der Waals surface area contributed by atoms with E-state index in [-0.39, 0.29) is 22.8 Å². The number of hydrogen-bond acceptors (Lipinski definition) is 4. The van der Waals surface area contributed by atoms with Gasteiger partial charge in [-0.2, -0.15) is 0 Å². The molecule has 2 amide bonds. The summed E-state index contributed by atoms with van der Waals surface area (Å²) in [7, 11) is -3.69. The van der Waals surface area contributed by atoms with Gasteiger partial charge in [0.05, 0.1) is 6.04 Å². The Morgan fingerprint density at radius 2 is 1.82 bits per heavy atom. The number of hydrogen-bond donors (Lipinski definition) is 2. The molecule has 2 N–H and O–H groups in total. The van der Waals surface area contributed by atoms with Gasteiger partial charge in [0.25, 0.3) is 0 Å². The van der Waals surface area contributed by atoms with Crippen LogP contribution in [0.4, 0.5) is 14.9 Å². The first-order chi connectivity index (χ1) is 13.4. The molecule has 0 aliphatic carbocycles.